The number of benzene rings is 1. The summed E-state index contributed by atoms with van der Waals surface area (Å²) in [6.45, 7) is 4.41. The third-order valence-corrected chi connectivity index (χ3v) is 4.03. The van der Waals surface area contributed by atoms with Crippen molar-refractivity contribution < 1.29 is 4.79 Å². The van der Waals surface area contributed by atoms with Gasteiger partial charge in [0.2, 0.25) is 0 Å². The van der Waals surface area contributed by atoms with Gasteiger partial charge in [0.05, 0.1) is 5.69 Å². The fourth-order valence-electron chi connectivity index (χ4n) is 2.20. The zero-order valence-corrected chi connectivity index (χ0v) is 12.2. The average molecular weight is 285 g/mol. The Morgan fingerprint density at radius 3 is 2.80 bits per heavy atom. The molecule has 0 fully saturated rings. The maximum atomic E-state index is 12.4. The Balaban J connectivity index is 1.83. The molecule has 0 bridgehead atoms. The van der Waals surface area contributed by atoms with E-state index in [1.807, 2.05) is 54.8 Å². The van der Waals surface area contributed by atoms with Crippen LogP contribution in [0.1, 0.15) is 26.6 Å². The summed E-state index contributed by atoms with van der Waals surface area (Å²) in [5.41, 5.74) is 2.47. The zero-order chi connectivity index (χ0) is 14.1. The van der Waals surface area contributed by atoms with E-state index in [9.17, 15) is 4.79 Å². The highest BCUT2D eigenvalue weighted by molar-refractivity contribution is 7.17. The molecule has 3 rings (SSSR count). The van der Waals surface area contributed by atoms with Crippen LogP contribution < -0.4 is 5.32 Å². The van der Waals surface area contributed by atoms with Gasteiger partial charge in [-0.2, -0.15) is 0 Å². The number of nitrogens with zero attached hydrogens (tertiary/aromatic N) is 2. The third kappa shape index (κ3) is 2.32. The van der Waals surface area contributed by atoms with E-state index in [0.29, 0.717) is 12.2 Å². The summed E-state index contributed by atoms with van der Waals surface area (Å²) in [5, 5.41) is 2.95. The second-order valence-corrected chi connectivity index (χ2v) is 5.92. The number of nitrogens with one attached hydrogen (secondary N) is 1. The van der Waals surface area contributed by atoms with Crippen LogP contribution in [0.5, 0.6) is 0 Å². The van der Waals surface area contributed by atoms with Gasteiger partial charge in [-0.1, -0.05) is 30.3 Å². The molecule has 1 N–H and O–H groups in total. The minimum Gasteiger partial charge on any atom is -0.347 e. The molecule has 2 heterocycles. The molecule has 0 aliphatic carbocycles. The Morgan fingerprint density at radius 2 is 2.05 bits per heavy atom. The van der Waals surface area contributed by atoms with E-state index >= 15 is 0 Å². The molecule has 1 aromatic carbocycles. The molecule has 1 amide bonds. The van der Waals surface area contributed by atoms with Gasteiger partial charge in [-0.15, -0.1) is 11.3 Å². The molecule has 0 atom stereocenters. The Hall–Kier alpha value is -2.14. The zero-order valence-electron chi connectivity index (χ0n) is 11.4. The van der Waals surface area contributed by atoms with Crippen LogP contribution in [0.3, 0.4) is 0 Å². The fourth-order valence-corrected chi connectivity index (χ4v) is 3.07. The number of rotatable bonds is 3. The van der Waals surface area contributed by atoms with E-state index in [1.165, 1.54) is 0 Å². The van der Waals surface area contributed by atoms with Gasteiger partial charge >= 0.3 is 0 Å². The second kappa shape index (κ2) is 5.09. The van der Waals surface area contributed by atoms with Crippen molar-refractivity contribution in [1.82, 2.24) is 14.7 Å². The van der Waals surface area contributed by atoms with Crippen molar-refractivity contribution in [3.8, 4) is 0 Å². The molecule has 0 aliphatic heterocycles. The number of fused-ring (bicyclic) bond motifs is 1. The Kier molecular flexibility index (Phi) is 3.28. The lowest BCUT2D eigenvalue weighted by molar-refractivity contribution is 0.0944. The number of imidazole rings is 1. The van der Waals surface area contributed by atoms with Gasteiger partial charge in [0.15, 0.2) is 4.96 Å². The van der Waals surface area contributed by atoms with Crippen LogP contribution in [-0.4, -0.2) is 15.3 Å². The van der Waals surface area contributed by atoms with Crippen LogP contribution in [0.2, 0.25) is 0 Å². The number of carbonyl (C=O) groups excluding carboxylic acids is 1. The first-order chi connectivity index (χ1) is 9.65. The molecule has 4 nitrogen and oxygen atoms in total. The van der Waals surface area contributed by atoms with Crippen LogP contribution in [0.15, 0.2) is 36.5 Å². The normalized spacial score (nSPS) is 10.9. The first kappa shape index (κ1) is 12.9. The summed E-state index contributed by atoms with van der Waals surface area (Å²) in [4.78, 5) is 18.8. The molecule has 0 aliphatic rings. The smallest absolute Gasteiger partial charge is 0.270 e. The number of carbonyl (C=O) groups is 1. The summed E-state index contributed by atoms with van der Waals surface area (Å²) in [7, 11) is 0. The monoisotopic (exact) mass is 285 g/mol. The number of hydrogen-bond acceptors (Lipinski definition) is 3. The summed E-state index contributed by atoms with van der Waals surface area (Å²) in [6.07, 6.45) is 1.96. The topological polar surface area (TPSA) is 46.4 Å². The molecule has 0 saturated heterocycles. The van der Waals surface area contributed by atoms with Gasteiger partial charge in [-0.25, -0.2) is 4.98 Å². The molecule has 2 aromatic heterocycles. The minimum atomic E-state index is -0.0864. The molecule has 0 saturated carbocycles. The SMILES string of the molecule is Cc1cn2c(C(=O)NCc3ccccc3)c(C)nc2s1. The van der Waals surface area contributed by atoms with Gasteiger partial charge < -0.3 is 5.32 Å². The van der Waals surface area contributed by atoms with E-state index in [0.717, 1.165) is 21.1 Å². The maximum absolute atomic E-state index is 12.4. The standard InChI is InChI=1S/C15H15N3OS/c1-10-9-18-13(11(2)17-15(18)20-10)14(19)16-8-12-6-4-3-5-7-12/h3-7,9H,8H2,1-2H3,(H,16,19). The summed E-state index contributed by atoms with van der Waals surface area (Å²) < 4.78 is 1.87. The number of aryl methyl sites for hydroxylation is 2. The molecule has 5 heteroatoms. The highest BCUT2D eigenvalue weighted by Crippen LogP contribution is 2.20. The summed E-state index contributed by atoms with van der Waals surface area (Å²) in [6, 6.07) is 9.88. The minimum absolute atomic E-state index is 0.0864. The quantitative estimate of drug-likeness (QED) is 0.804. The lowest BCUT2D eigenvalue weighted by atomic mass is 10.2. The van der Waals surface area contributed by atoms with E-state index < -0.39 is 0 Å². The van der Waals surface area contributed by atoms with E-state index in [4.69, 9.17) is 0 Å². The number of amides is 1. The molecule has 102 valence electrons. The van der Waals surface area contributed by atoms with Crippen LogP contribution >= 0.6 is 11.3 Å². The number of thiazole rings is 1. The van der Waals surface area contributed by atoms with Gasteiger partial charge in [-0.05, 0) is 19.4 Å². The van der Waals surface area contributed by atoms with Crippen molar-refractivity contribution in [2.75, 3.05) is 0 Å². The number of hydrogen-bond donors (Lipinski definition) is 1. The van der Waals surface area contributed by atoms with Crippen LogP contribution in [-0.2, 0) is 6.54 Å². The Morgan fingerprint density at radius 1 is 1.30 bits per heavy atom. The largest absolute Gasteiger partial charge is 0.347 e. The second-order valence-electron chi connectivity index (χ2n) is 4.71. The molecule has 3 aromatic rings. The van der Waals surface area contributed by atoms with Crippen molar-refractivity contribution in [2.45, 2.75) is 20.4 Å². The lowest BCUT2D eigenvalue weighted by Crippen LogP contribution is -2.24. The molecule has 0 spiro atoms. The predicted molar refractivity (Wildman–Crippen MR) is 80.2 cm³/mol. The van der Waals surface area contributed by atoms with Gasteiger partial charge in [0.1, 0.15) is 5.69 Å². The fraction of sp³-hybridized carbons (Fsp3) is 0.200. The maximum Gasteiger partial charge on any atom is 0.270 e. The lowest BCUT2D eigenvalue weighted by Gasteiger charge is -2.05. The van der Waals surface area contributed by atoms with E-state index in [1.54, 1.807) is 11.3 Å². The van der Waals surface area contributed by atoms with Gasteiger partial charge in [0.25, 0.3) is 5.91 Å². The molecule has 0 radical (unpaired) electrons. The van der Waals surface area contributed by atoms with E-state index in [2.05, 4.69) is 10.3 Å². The molecule has 0 unspecified atom stereocenters. The third-order valence-electron chi connectivity index (χ3n) is 3.13. The van der Waals surface area contributed by atoms with Crippen LogP contribution in [0.25, 0.3) is 4.96 Å². The Bertz CT molecular complexity index is 758. The highest BCUT2D eigenvalue weighted by atomic mass is 32.1. The number of aromatic nitrogens is 2. The molecular formula is C15H15N3OS. The first-order valence-corrected chi connectivity index (χ1v) is 7.24. The Labute approximate surface area is 121 Å². The van der Waals surface area contributed by atoms with Crippen LogP contribution in [0.4, 0.5) is 0 Å². The van der Waals surface area contributed by atoms with Crippen molar-refractivity contribution in [1.29, 1.82) is 0 Å². The van der Waals surface area contributed by atoms with Crippen molar-refractivity contribution in [3.63, 3.8) is 0 Å². The summed E-state index contributed by atoms with van der Waals surface area (Å²) in [5.74, 6) is -0.0864. The van der Waals surface area contributed by atoms with Crippen molar-refractivity contribution in [2.24, 2.45) is 0 Å². The first-order valence-electron chi connectivity index (χ1n) is 6.42. The molecule has 20 heavy (non-hydrogen) atoms. The van der Waals surface area contributed by atoms with Gasteiger partial charge in [-0.3, -0.25) is 9.20 Å². The summed E-state index contributed by atoms with van der Waals surface area (Å²) >= 11 is 1.59. The highest BCUT2D eigenvalue weighted by Gasteiger charge is 2.17. The molecular weight excluding hydrogens is 270 g/mol. The predicted octanol–water partition coefficient (Wildman–Crippen LogP) is 2.94. The van der Waals surface area contributed by atoms with Crippen LogP contribution in [0, 0.1) is 13.8 Å². The van der Waals surface area contributed by atoms with Crippen molar-refractivity contribution >= 4 is 22.2 Å². The van der Waals surface area contributed by atoms with E-state index in [-0.39, 0.29) is 5.91 Å². The van der Waals surface area contributed by atoms with Crippen molar-refractivity contribution in [3.05, 3.63) is 58.4 Å². The average Bonchev–Trinajstić information content (AvgIpc) is 2.91. The van der Waals surface area contributed by atoms with Gasteiger partial charge in [0, 0.05) is 17.6 Å².